The molecule has 0 heterocycles. The molecule has 2 rings (SSSR count). The van der Waals surface area contributed by atoms with Gasteiger partial charge in [0, 0.05) is 6.42 Å². The zero-order valence-electron chi connectivity index (χ0n) is 14.1. The van der Waals surface area contributed by atoms with Crippen LogP contribution < -0.4 is 10.8 Å². The van der Waals surface area contributed by atoms with Gasteiger partial charge in [-0.3, -0.25) is 9.63 Å². The molecule has 2 N–H and O–H groups in total. The molecule has 0 aliphatic rings. The molecule has 132 valence electrons. The van der Waals surface area contributed by atoms with Gasteiger partial charge in [0.15, 0.2) is 0 Å². The molecular weight excluding hydrogens is 320 g/mol. The summed E-state index contributed by atoms with van der Waals surface area (Å²) in [5.41, 5.74) is 4.11. The predicted molar refractivity (Wildman–Crippen MR) is 93.5 cm³/mol. The monoisotopic (exact) mass is 342 g/mol. The molecule has 0 aliphatic heterocycles. The van der Waals surface area contributed by atoms with Crippen LogP contribution in [0.4, 0.5) is 4.79 Å². The summed E-state index contributed by atoms with van der Waals surface area (Å²) in [6.45, 7) is 2.23. The molecule has 2 aromatic rings. The highest BCUT2D eigenvalue weighted by atomic mass is 16.6. The highest BCUT2D eigenvalue weighted by molar-refractivity contribution is 5.85. The van der Waals surface area contributed by atoms with Crippen LogP contribution in [0.1, 0.15) is 18.1 Å². The lowest BCUT2D eigenvalue weighted by Crippen LogP contribution is -2.48. The Morgan fingerprint density at radius 3 is 2.16 bits per heavy atom. The van der Waals surface area contributed by atoms with Gasteiger partial charge in [0.1, 0.15) is 12.6 Å². The van der Waals surface area contributed by atoms with Gasteiger partial charge in [-0.25, -0.2) is 10.3 Å². The fourth-order valence-corrected chi connectivity index (χ4v) is 2.18. The highest BCUT2D eigenvalue weighted by Crippen LogP contribution is 2.05. The van der Waals surface area contributed by atoms with E-state index in [1.807, 2.05) is 60.7 Å². The second-order valence-electron chi connectivity index (χ2n) is 5.35. The Morgan fingerprint density at radius 2 is 1.56 bits per heavy atom. The Labute approximate surface area is 147 Å². The standard InChI is InChI=1S/C19H22N2O4/c1-2-25-21-18(22)17(13-15-9-5-3-6-10-15)20-19(23)24-14-16-11-7-4-8-12-16/h3-12,17H,2,13-14H2,1H3,(H,20,23)(H,21,22). The Bertz CT molecular complexity index is 662. The Kier molecular flexibility index (Phi) is 7.46. The molecular formula is C19H22N2O4. The minimum absolute atomic E-state index is 0.137. The van der Waals surface area contributed by atoms with Crippen molar-refractivity contribution in [1.29, 1.82) is 0 Å². The summed E-state index contributed by atoms with van der Waals surface area (Å²) in [5, 5.41) is 2.59. The Morgan fingerprint density at radius 1 is 0.960 bits per heavy atom. The van der Waals surface area contributed by atoms with E-state index in [9.17, 15) is 9.59 Å². The smallest absolute Gasteiger partial charge is 0.408 e. The number of hydroxylamine groups is 1. The third-order valence-corrected chi connectivity index (χ3v) is 3.42. The van der Waals surface area contributed by atoms with Crippen LogP contribution in [0.25, 0.3) is 0 Å². The maximum Gasteiger partial charge on any atom is 0.408 e. The van der Waals surface area contributed by atoms with Crippen LogP contribution in [0.3, 0.4) is 0 Å². The van der Waals surface area contributed by atoms with Crippen molar-refractivity contribution in [1.82, 2.24) is 10.8 Å². The Hall–Kier alpha value is -2.86. The third-order valence-electron chi connectivity index (χ3n) is 3.42. The number of alkyl carbamates (subject to hydrolysis) is 1. The van der Waals surface area contributed by atoms with Gasteiger partial charge in [0.25, 0.3) is 5.91 Å². The lowest BCUT2D eigenvalue weighted by atomic mass is 10.1. The second kappa shape index (κ2) is 10.1. The fraction of sp³-hybridized carbons (Fsp3) is 0.263. The van der Waals surface area contributed by atoms with Gasteiger partial charge in [-0.15, -0.1) is 0 Å². The van der Waals surface area contributed by atoms with Gasteiger partial charge in [0.2, 0.25) is 0 Å². The van der Waals surface area contributed by atoms with Crippen molar-refractivity contribution in [3.63, 3.8) is 0 Å². The van der Waals surface area contributed by atoms with Gasteiger partial charge in [-0.2, -0.15) is 0 Å². The summed E-state index contributed by atoms with van der Waals surface area (Å²) in [5.74, 6) is -0.428. The van der Waals surface area contributed by atoms with E-state index >= 15 is 0 Å². The maximum atomic E-state index is 12.2. The van der Waals surface area contributed by atoms with Crippen LogP contribution in [0, 0.1) is 0 Å². The molecule has 6 nitrogen and oxygen atoms in total. The number of nitrogens with one attached hydrogen (secondary N) is 2. The SMILES string of the molecule is CCONC(=O)C(Cc1ccccc1)NC(=O)OCc1ccccc1. The minimum atomic E-state index is -0.794. The number of benzene rings is 2. The van der Waals surface area contributed by atoms with Crippen molar-refractivity contribution in [2.75, 3.05) is 6.61 Å². The second-order valence-corrected chi connectivity index (χ2v) is 5.35. The molecule has 0 aliphatic carbocycles. The first kappa shape index (κ1) is 18.5. The molecule has 1 unspecified atom stereocenters. The molecule has 2 aromatic carbocycles. The molecule has 0 radical (unpaired) electrons. The molecule has 1 atom stereocenters. The number of hydrogen-bond acceptors (Lipinski definition) is 4. The number of amides is 2. The zero-order chi connectivity index (χ0) is 17.9. The highest BCUT2D eigenvalue weighted by Gasteiger charge is 2.22. The summed E-state index contributed by atoms with van der Waals surface area (Å²) in [6, 6.07) is 18.0. The molecule has 25 heavy (non-hydrogen) atoms. The number of ether oxygens (including phenoxy) is 1. The van der Waals surface area contributed by atoms with E-state index < -0.39 is 18.0 Å². The van der Waals surface area contributed by atoms with E-state index in [4.69, 9.17) is 9.57 Å². The topological polar surface area (TPSA) is 76.7 Å². The van der Waals surface area contributed by atoms with Crippen LogP contribution in [0.2, 0.25) is 0 Å². The lowest BCUT2D eigenvalue weighted by molar-refractivity contribution is -0.135. The van der Waals surface area contributed by atoms with Crippen LogP contribution in [-0.2, 0) is 27.4 Å². The van der Waals surface area contributed by atoms with Crippen molar-refractivity contribution in [2.45, 2.75) is 26.0 Å². The Balaban J connectivity index is 1.94. The number of carbonyl (C=O) groups excluding carboxylic acids is 2. The van der Waals surface area contributed by atoms with Gasteiger partial charge < -0.3 is 10.1 Å². The van der Waals surface area contributed by atoms with Crippen LogP contribution >= 0.6 is 0 Å². The summed E-state index contributed by atoms with van der Waals surface area (Å²) in [6.07, 6.45) is -0.323. The first-order chi connectivity index (χ1) is 12.2. The van der Waals surface area contributed by atoms with Gasteiger partial charge in [-0.05, 0) is 18.1 Å². The van der Waals surface area contributed by atoms with Crippen molar-refractivity contribution >= 4 is 12.0 Å². The summed E-state index contributed by atoms with van der Waals surface area (Å²) < 4.78 is 5.18. The summed E-state index contributed by atoms with van der Waals surface area (Å²) in [4.78, 5) is 29.2. The molecule has 0 saturated heterocycles. The third kappa shape index (κ3) is 6.64. The van der Waals surface area contributed by atoms with Crippen molar-refractivity contribution in [3.8, 4) is 0 Å². The average Bonchev–Trinajstić information content (AvgIpc) is 2.65. The van der Waals surface area contributed by atoms with E-state index in [1.165, 1.54) is 0 Å². The van der Waals surface area contributed by atoms with E-state index in [-0.39, 0.29) is 6.61 Å². The maximum absolute atomic E-state index is 12.2. The van der Waals surface area contributed by atoms with Crippen molar-refractivity contribution in [3.05, 3.63) is 71.8 Å². The van der Waals surface area contributed by atoms with E-state index in [0.29, 0.717) is 13.0 Å². The minimum Gasteiger partial charge on any atom is -0.445 e. The number of carbonyl (C=O) groups is 2. The zero-order valence-corrected chi connectivity index (χ0v) is 14.1. The molecule has 2 amide bonds. The van der Waals surface area contributed by atoms with Gasteiger partial charge in [-0.1, -0.05) is 60.7 Å². The average molecular weight is 342 g/mol. The summed E-state index contributed by atoms with van der Waals surface area (Å²) in [7, 11) is 0. The molecule has 6 heteroatoms. The van der Waals surface area contributed by atoms with Gasteiger partial charge in [0.05, 0.1) is 6.61 Å². The van der Waals surface area contributed by atoms with E-state index in [2.05, 4.69) is 10.8 Å². The van der Waals surface area contributed by atoms with Gasteiger partial charge >= 0.3 is 6.09 Å². The fourth-order valence-electron chi connectivity index (χ4n) is 2.18. The predicted octanol–water partition coefficient (Wildman–Crippen LogP) is 2.59. The van der Waals surface area contributed by atoms with Crippen LogP contribution in [-0.4, -0.2) is 24.6 Å². The van der Waals surface area contributed by atoms with Crippen molar-refractivity contribution in [2.24, 2.45) is 0 Å². The molecule has 0 saturated carbocycles. The quantitative estimate of drug-likeness (QED) is 0.723. The molecule has 0 spiro atoms. The van der Waals surface area contributed by atoms with Crippen molar-refractivity contribution < 1.29 is 19.2 Å². The summed E-state index contributed by atoms with van der Waals surface area (Å²) >= 11 is 0. The van der Waals surface area contributed by atoms with E-state index in [0.717, 1.165) is 11.1 Å². The number of rotatable bonds is 8. The molecule has 0 aromatic heterocycles. The molecule has 0 bridgehead atoms. The molecule has 0 fully saturated rings. The van der Waals surface area contributed by atoms with E-state index in [1.54, 1.807) is 6.92 Å². The first-order valence-electron chi connectivity index (χ1n) is 8.12. The normalized spacial score (nSPS) is 11.4. The largest absolute Gasteiger partial charge is 0.445 e. The van der Waals surface area contributed by atoms with Crippen LogP contribution in [0.15, 0.2) is 60.7 Å². The number of hydrogen-bond donors (Lipinski definition) is 2. The lowest BCUT2D eigenvalue weighted by Gasteiger charge is -2.18. The first-order valence-corrected chi connectivity index (χ1v) is 8.12. The van der Waals surface area contributed by atoms with Crippen LogP contribution in [0.5, 0.6) is 0 Å².